The van der Waals surface area contributed by atoms with Gasteiger partial charge in [-0.25, -0.2) is 13.1 Å². The molecule has 9 heteroatoms. The van der Waals surface area contributed by atoms with Gasteiger partial charge in [0.25, 0.3) is 0 Å². The number of allylic oxidation sites excluding steroid dienone is 1. The third kappa shape index (κ3) is 5.90. The van der Waals surface area contributed by atoms with Crippen LogP contribution in [0.25, 0.3) is 12.2 Å². The number of sulfonamides is 1. The van der Waals surface area contributed by atoms with Crippen LogP contribution in [0.1, 0.15) is 61.8 Å². The van der Waals surface area contributed by atoms with Crippen molar-refractivity contribution in [3.05, 3.63) is 40.1 Å². The number of aromatic nitrogens is 1. The summed E-state index contributed by atoms with van der Waals surface area (Å²) in [4.78, 5) is 12.4. The van der Waals surface area contributed by atoms with Crippen LogP contribution in [0.15, 0.2) is 32.5 Å². The van der Waals surface area contributed by atoms with Gasteiger partial charge < -0.3 is 9.84 Å². The minimum absolute atomic E-state index is 0.129. The van der Waals surface area contributed by atoms with E-state index in [1.807, 2.05) is 0 Å². The molecular formula is C21H27N3O4S2. The van der Waals surface area contributed by atoms with Crippen molar-refractivity contribution >= 4 is 45.1 Å². The van der Waals surface area contributed by atoms with E-state index in [-0.39, 0.29) is 10.1 Å². The molecule has 1 aliphatic rings. The van der Waals surface area contributed by atoms with Gasteiger partial charge in [-0.15, -0.1) is 11.3 Å². The minimum Gasteiger partial charge on any atom is -0.354 e. The van der Waals surface area contributed by atoms with Gasteiger partial charge in [0.2, 0.25) is 15.9 Å². The number of nitrogens with one attached hydrogen (secondary N) is 2. The van der Waals surface area contributed by atoms with E-state index in [2.05, 4.69) is 21.3 Å². The zero-order valence-corrected chi connectivity index (χ0v) is 18.9. The van der Waals surface area contributed by atoms with E-state index in [0.29, 0.717) is 30.1 Å². The van der Waals surface area contributed by atoms with E-state index in [1.54, 1.807) is 38.1 Å². The number of carbonyl (C=O) groups excluding carboxylic acids is 1. The summed E-state index contributed by atoms with van der Waals surface area (Å²) in [5.41, 5.74) is 2.46. The maximum absolute atomic E-state index is 12.6. The number of aryl methyl sites for hydroxylation is 1. The molecule has 30 heavy (non-hydrogen) atoms. The molecule has 2 heterocycles. The average Bonchev–Trinajstić information content (AvgIpc) is 3.35. The highest BCUT2D eigenvalue weighted by atomic mass is 32.2. The van der Waals surface area contributed by atoms with Gasteiger partial charge in [-0.2, -0.15) is 0 Å². The predicted octanol–water partition coefficient (Wildman–Crippen LogP) is 4.73. The quantitative estimate of drug-likeness (QED) is 0.539. The Morgan fingerprint density at radius 1 is 1.30 bits per heavy atom. The number of thiophene rings is 1. The average molecular weight is 450 g/mol. The summed E-state index contributed by atoms with van der Waals surface area (Å²) < 4.78 is 33.3. The Morgan fingerprint density at radius 3 is 2.87 bits per heavy atom. The Morgan fingerprint density at radius 2 is 2.13 bits per heavy atom. The van der Waals surface area contributed by atoms with Crippen LogP contribution in [0.5, 0.6) is 0 Å². The van der Waals surface area contributed by atoms with Crippen molar-refractivity contribution < 1.29 is 17.7 Å². The summed E-state index contributed by atoms with van der Waals surface area (Å²) >= 11 is 1.17. The Labute approximate surface area is 181 Å². The van der Waals surface area contributed by atoms with E-state index in [0.717, 1.165) is 24.1 Å². The molecule has 2 aromatic rings. The molecule has 2 N–H and O–H groups in total. The highest BCUT2D eigenvalue weighted by Crippen LogP contribution is 2.27. The fourth-order valence-corrected chi connectivity index (χ4v) is 5.46. The van der Waals surface area contributed by atoms with Crippen molar-refractivity contribution in [3.63, 3.8) is 0 Å². The molecule has 0 atom stereocenters. The number of carbonyl (C=O) groups is 1. The Balaban J connectivity index is 1.63. The summed E-state index contributed by atoms with van der Waals surface area (Å²) in [5, 5.41) is 6.66. The fourth-order valence-electron chi connectivity index (χ4n) is 3.16. The third-order valence-corrected chi connectivity index (χ3v) is 7.87. The van der Waals surface area contributed by atoms with Crippen molar-refractivity contribution in [2.45, 2.75) is 56.6 Å². The van der Waals surface area contributed by atoms with E-state index in [1.165, 1.54) is 29.8 Å². The molecule has 0 radical (unpaired) electrons. The topological polar surface area (TPSA) is 101 Å². The first-order valence-corrected chi connectivity index (χ1v) is 12.4. The van der Waals surface area contributed by atoms with Gasteiger partial charge in [-0.05, 0) is 63.3 Å². The van der Waals surface area contributed by atoms with Crippen molar-refractivity contribution in [3.8, 4) is 0 Å². The highest BCUT2D eigenvalue weighted by molar-refractivity contribution is 7.91. The number of anilines is 1. The standard InChI is InChI=1S/C21H27N3O4S2/c1-3-19(25)23-21-15(2)24-28-18(21)11-9-17-10-12-20(29-17)30(26,27)22-14-13-16-7-5-4-6-8-16/h7,9-12,22H,3-6,8,13-14H2,1-2H3,(H,23,25)/b11-9+. The lowest BCUT2D eigenvalue weighted by atomic mass is 9.97. The summed E-state index contributed by atoms with van der Waals surface area (Å²) in [6, 6.07) is 3.34. The van der Waals surface area contributed by atoms with Gasteiger partial charge in [-0.3, -0.25) is 4.79 Å². The lowest BCUT2D eigenvalue weighted by Crippen LogP contribution is -2.24. The smallest absolute Gasteiger partial charge is 0.250 e. The first-order valence-electron chi connectivity index (χ1n) is 10.1. The zero-order chi connectivity index (χ0) is 21.6. The third-order valence-electron chi connectivity index (χ3n) is 4.86. The number of hydrogen-bond donors (Lipinski definition) is 2. The summed E-state index contributed by atoms with van der Waals surface area (Å²) in [6.45, 7) is 3.92. The Kier molecular flexibility index (Phi) is 7.63. The van der Waals surface area contributed by atoms with Crippen molar-refractivity contribution in [2.24, 2.45) is 0 Å². The normalized spacial score (nSPS) is 14.8. The molecule has 0 spiro atoms. The number of hydrogen-bond acceptors (Lipinski definition) is 6. The molecular weight excluding hydrogens is 422 g/mol. The van der Waals surface area contributed by atoms with Crippen molar-refractivity contribution in [2.75, 3.05) is 11.9 Å². The van der Waals surface area contributed by atoms with E-state index in [9.17, 15) is 13.2 Å². The van der Waals surface area contributed by atoms with Gasteiger partial charge in [0.15, 0.2) is 5.76 Å². The van der Waals surface area contributed by atoms with Crippen LogP contribution < -0.4 is 10.0 Å². The first kappa shape index (κ1) is 22.5. The summed E-state index contributed by atoms with van der Waals surface area (Å²) in [7, 11) is -3.53. The van der Waals surface area contributed by atoms with Gasteiger partial charge in [0.05, 0.1) is 0 Å². The van der Waals surface area contributed by atoms with E-state index >= 15 is 0 Å². The van der Waals surface area contributed by atoms with Crippen molar-refractivity contribution in [1.82, 2.24) is 9.88 Å². The Hall–Kier alpha value is -2.23. The molecule has 0 saturated carbocycles. The highest BCUT2D eigenvalue weighted by Gasteiger charge is 2.17. The molecule has 7 nitrogen and oxygen atoms in total. The van der Waals surface area contributed by atoms with Crippen molar-refractivity contribution in [1.29, 1.82) is 0 Å². The zero-order valence-electron chi connectivity index (χ0n) is 17.2. The number of amides is 1. The van der Waals surface area contributed by atoms with Crippen LogP contribution in [0, 0.1) is 6.92 Å². The van der Waals surface area contributed by atoms with Gasteiger partial charge in [0.1, 0.15) is 15.6 Å². The predicted molar refractivity (Wildman–Crippen MR) is 120 cm³/mol. The molecule has 0 aliphatic heterocycles. The molecule has 1 amide bonds. The molecule has 2 aromatic heterocycles. The largest absolute Gasteiger partial charge is 0.354 e. The van der Waals surface area contributed by atoms with Crippen LogP contribution in [0.4, 0.5) is 5.69 Å². The molecule has 162 valence electrons. The second-order valence-corrected chi connectivity index (χ2v) is 10.3. The van der Waals surface area contributed by atoms with Gasteiger partial charge >= 0.3 is 0 Å². The number of rotatable bonds is 9. The maximum Gasteiger partial charge on any atom is 0.250 e. The monoisotopic (exact) mass is 449 g/mol. The molecule has 0 unspecified atom stereocenters. The van der Waals surface area contributed by atoms with Crippen LogP contribution in [-0.2, 0) is 14.8 Å². The fraction of sp³-hybridized carbons (Fsp3) is 0.429. The molecule has 1 aliphatic carbocycles. The van der Waals surface area contributed by atoms with Crippen LogP contribution >= 0.6 is 11.3 Å². The van der Waals surface area contributed by atoms with Crippen LogP contribution in [0.3, 0.4) is 0 Å². The SMILES string of the molecule is CCC(=O)Nc1c(C)noc1/C=C/c1ccc(S(=O)(=O)NCCC2=CCCCC2)s1. The van der Waals surface area contributed by atoms with E-state index < -0.39 is 10.0 Å². The molecule has 0 aromatic carbocycles. The minimum atomic E-state index is -3.53. The van der Waals surface area contributed by atoms with E-state index in [4.69, 9.17) is 4.52 Å². The number of nitrogens with zero attached hydrogens (tertiary/aromatic N) is 1. The summed E-state index contributed by atoms with van der Waals surface area (Å²) in [6.07, 6.45) is 11.3. The van der Waals surface area contributed by atoms with Crippen LogP contribution in [0.2, 0.25) is 0 Å². The molecule has 0 saturated heterocycles. The summed E-state index contributed by atoms with van der Waals surface area (Å²) in [5.74, 6) is 0.293. The van der Waals surface area contributed by atoms with Gasteiger partial charge in [0, 0.05) is 17.8 Å². The lowest BCUT2D eigenvalue weighted by Gasteiger charge is -2.12. The molecule has 0 bridgehead atoms. The van der Waals surface area contributed by atoms with Crippen LogP contribution in [-0.4, -0.2) is 26.0 Å². The maximum atomic E-state index is 12.6. The van der Waals surface area contributed by atoms with Gasteiger partial charge in [-0.1, -0.05) is 23.7 Å². The lowest BCUT2D eigenvalue weighted by molar-refractivity contribution is -0.115. The molecule has 3 rings (SSSR count). The second kappa shape index (κ2) is 10.2. The Bertz CT molecular complexity index is 1050. The first-order chi connectivity index (χ1) is 14.4. The second-order valence-electron chi connectivity index (χ2n) is 7.16. The molecule has 0 fully saturated rings.